The van der Waals surface area contributed by atoms with E-state index in [1.54, 1.807) is 0 Å². The van der Waals surface area contributed by atoms with E-state index in [0.717, 1.165) is 6.08 Å². The van der Waals surface area contributed by atoms with E-state index < -0.39 is 60.1 Å². The van der Waals surface area contributed by atoms with Crippen molar-refractivity contribution in [1.29, 1.82) is 0 Å². The third-order valence-corrected chi connectivity index (χ3v) is 3.30. The number of amides is 1. The Bertz CT molecular complexity index is 454. The molecule has 6 atom stereocenters. The van der Waals surface area contributed by atoms with Crippen molar-refractivity contribution >= 4 is 23.5 Å². The minimum atomic E-state index is -1.75. The van der Waals surface area contributed by atoms with Gasteiger partial charge in [-0.3, -0.25) is 4.79 Å². The second-order valence-electron chi connectivity index (χ2n) is 4.80. The number of alkyl halides is 1. The first kappa shape index (κ1) is 18.7. The van der Waals surface area contributed by atoms with Crippen LogP contribution >= 0.6 is 11.6 Å². The van der Waals surface area contributed by atoms with E-state index in [2.05, 4.69) is 5.32 Å². The molecule has 6 N–H and O–H groups in total. The first-order valence-corrected chi connectivity index (χ1v) is 6.84. The summed E-state index contributed by atoms with van der Waals surface area (Å²) in [6.45, 7) is 0.551. The normalized spacial score (nSPS) is 28.8. The predicted molar refractivity (Wildman–Crippen MR) is 72.9 cm³/mol. The number of ether oxygens (including phenoxy) is 1. The van der Waals surface area contributed by atoms with E-state index >= 15 is 0 Å². The molecule has 10 heteroatoms. The van der Waals surface area contributed by atoms with Gasteiger partial charge in [0.1, 0.15) is 23.7 Å². The first-order valence-electron chi connectivity index (χ1n) is 6.40. The Morgan fingerprint density at radius 3 is 2.50 bits per heavy atom. The molecule has 0 fully saturated rings. The molecule has 0 spiro atoms. The molecule has 0 saturated heterocycles. The van der Waals surface area contributed by atoms with Crippen LogP contribution in [0.3, 0.4) is 0 Å². The molecule has 1 unspecified atom stereocenters. The lowest BCUT2D eigenvalue weighted by Gasteiger charge is -2.38. The van der Waals surface area contributed by atoms with Gasteiger partial charge in [0.25, 0.3) is 0 Å². The number of halogens is 1. The lowest BCUT2D eigenvalue weighted by atomic mass is 9.93. The lowest BCUT2D eigenvalue weighted by molar-refractivity contribution is -0.149. The number of hydrogen-bond acceptors (Lipinski definition) is 7. The van der Waals surface area contributed by atoms with Gasteiger partial charge in [0.05, 0.1) is 12.6 Å². The summed E-state index contributed by atoms with van der Waals surface area (Å²) in [4.78, 5) is 22.6. The van der Waals surface area contributed by atoms with Crippen LogP contribution in [0.4, 0.5) is 0 Å². The highest BCUT2D eigenvalue weighted by Crippen LogP contribution is 2.23. The van der Waals surface area contributed by atoms with Gasteiger partial charge in [-0.05, 0) is 13.0 Å². The van der Waals surface area contributed by atoms with Gasteiger partial charge in [-0.15, -0.1) is 11.6 Å². The van der Waals surface area contributed by atoms with Crippen molar-refractivity contribution in [2.24, 2.45) is 0 Å². The van der Waals surface area contributed by atoms with Gasteiger partial charge in [0.15, 0.2) is 6.10 Å². The van der Waals surface area contributed by atoms with Gasteiger partial charge in [-0.25, -0.2) is 4.79 Å². The maximum absolute atomic E-state index is 11.6. The SMILES string of the molecule is CC(Cl)C(=O)N[C@H]1[C@H]([C@H](O)[C@H](O)CO)OC(C(=O)O)=C[C@@H]1O. The lowest BCUT2D eigenvalue weighted by Crippen LogP contribution is -2.60. The van der Waals surface area contributed by atoms with Gasteiger partial charge in [-0.2, -0.15) is 0 Å². The van der Waals surface area contributed by atoms with E-state index in [1.807, 2.05) is 0 Å². The van der Waals surface area contributed by atoms with Crippen molar-refractivity contribution in [3.05, 3.63) is 11.8 Å². The highest BCUT2D eigenvalue weighted by Gasteiger charge is 2.43. The van der Waals surface area contributed by atoms with Gasteiger partial charge in [-0.1, -0.05) is 0 Å². The number of rotatable bonds is 6. The molecule has 22 heavy (non-hydrogen) atoms. The molecule has 1 heterocycles. The molecule has 0 bridgehead atoms. The zero-order valence-corrected chi connectivity index (χ0v) is 12.3. The van der Waals surface area contributed by atoms with E-state index in [4.69, 9.17) is 26.6 Å². The number of carboxylic acids is 1. The van der Waals surface area contributed by atoms with Crippen molar-refractivity contribution in [3.63, 3.8) is 0 Å². The summed E-state index contributed by atoms with van der Waals surface area (Å²) in [6, 6.07) is -1.26. The Labute approximate surface area is 130 Å². The zero-order chi connectivity index (χ0) is 17.0. The summed E-state index contributed by atoms with van der Waals surface area (Å²) < 4.78 is 5.02. The topological polar surface area (TPSA) is 157 Å². The van der Waals surface area contributed by atoms with Crippen molar-refractivity contribution in [2.45, 2.75) is 42.8 Å². The Morgan fingerprint density at radius 2 is 2.05 bits per heavy atom. The Hall–Kier alpha value is -1.39. The summed E-state index contributed by atoms with van der Waals surface area (Å²) >= 11 is 5.60. The molecule has 0 radical (unpaired) electrons. The molecule has 1 amide bonds. The number of carbonyl (C=O) groups excluding carboxylic acids is 1. The highest BCUT2D eigenvalue weighted by molar-refractivity contribution is 6.30. The second kappa shape index (κ2) is 7.75. The largest absolute Gasteiger partial charge is 0.478 e. The minimum absolute atomic E-state index is 0.647. The third-order valence-electron chi connectivity index (χ3n) is 3.11. The molecule has 1 aliphatic rings. The molecule has 0 aromatic rings. The molecule has 0 aromatic carbocycles. The van der Waals surface area contributed by atoms with Crippen LogP contribution in [0, 0.1) is 0 Å². The van der Waals surface area contributed by atoms with Crippen molar-refractivity contribution in [2.75, 3.05) is 6.61 Å². The monoisotopic (exact) mass is 339 g/mol. The van der Waals surface area contributed by atoms with Crippen LogP contribution in [0.25, 0.3) is 0 Å². The fourth-order valence-electron chi connectivity index (χ4n) is 1.89. The molecule has 0 saturated carbocycles. The standard InChI is InChI=1S/C12H18ClNO8/c1-4(13)11(19)14-8-5(16)2-7(12(20)21)22-10(8)9(18)6(17)3-15/h2,4-6,8-10,15-18H,3H2,1H3,(H,14,19)(H,20,21)/t4?,5-,6+,8+,9+,10+/m0/s1. The second-order valence-corrected chi connectivity index (χ2v) is 5.45. The quantitative estimate of drug-likeness (QED) is 0.291. The number of aliphatic hydroxyl groups is 4. The van der Waals surface area contributed by atoms with E-state index in [1.165, 1.54) is 6.92 Å². The summed E-state index contributed by atoms with van der Waals surface area (Å²) in [7, 11) is 0. The molecule has 1 rings (SSSR count). The summed E-state index contributed by atoms with van der Waals surface area (Å²) in [5.41, 5.74) is 0. The van der Waals surface area contributed by atoms with E-state index in [0.29, 0.717) is 0 Å². The summed E-state index contributed by atoms with van der Waals surface area (Å²) in [5, 5.41) is 48.5. The van der Waals surface area contributed by atoms with E-state index in [-0.39, 0.29) is 0 Å². The Balaban J connectivity index is 3.06. The van der Waals surface area contributed by atoms with Crippen molar-refractivity contribution in [3.8, 4) is 0 Å². The third kappa shape index (κ3) is 4.31. The summed E-state index contributed by atoms with van der Waals surface area (Å²) in [6.07, 6.45) is -5.55. The fourth-order valence-corrected chi connectivity index (χ4v) is 1.95. The molecule has 0 aromatic heterocycles. The van der Waals surface area contributed by atoms with Crippen LogP contribution in [-0.2, 0) is 14.3 Å². The molecule has 126 valence electrons. The van der Waals surface area contributed by atoms with Crippen LogP contribution in [-0.4, -0.2) is 79.9 Å². The van der Waals surface area contributed by atoms with Gasteiger partial charge in [0.2, 0.25) is 11.7 Å². The van der Waals surface area contributed by atoms with Gasteiger partial charge >= 0.3 is 5.97 Å². The zero-order valence-electron chi connectivity index (χ0n) is 11.6. The number of nitrogens with one attached hydrogen (secondary N) is 1. The Morgan fingerprint density at radius 1 is 1.45 bits per heavy atom. The molecular formula is C12H18ClNO8. The highest BCUT2D eigenvalue weighted by atomic mass is 35.5. The van der Waals surface area contributed by atoms with Gasteiger partial charge in [0, 0.05) is 0 Å². The van der Waals surface area contributed by atoms with E-state index in [9.17, 15) is 24.9 Å². The molecule has 1 aliphatic heterocycles. The first-order chi connectivity index (χ1) is 10.2. The van der Waals surface area contributed by atoms with Crippen LogP contribution in [0.15, 0.2) is 11.8 Å². The molecule has 9 nitrogen and oxygen atoms in total. The maximum atomic E-state index is 11.6. The Kier molecular flexibility index (Phi) is 6.57. The van der Waals surface area contributed by atoms with Crippen LogP contribution in [0.2, 0.25) is 0 Å². The smallest absolute Gasteiger partial charge is 0.370 e. The van der Waals surface area contributed by atoms with Crippen molar-refractivity contribution in [1.82, 2.24) is 5.32 Å². The number of hydrogen-bond donors (Lipinski definition) is 6. The minimum Gasteiger partial charge on any atom is -0.478 e. The van der Waals surface area contributed by atoms with Crippen LogP contribution in [0.5, 0.6) is 0 Å². The predicted octanol–water partition coefficient (Wildman–Crippen LogP) is -2.46. The average Bonchev–Trinajstić information content (AvgIpc) is 2.46. The average molecular weight is 340 g/mol. The number of carbonyl (C=O) groups is 2. The number of aliphatic carboxylic acids is 1. The number of aliphatic hydroxyl groups excluding tert-OH is 4. The summed E-state index contributed by atoms with van der Waals surface area (Å²) in [5.74, 6) is -2.83. The maximum Gasteiger partial charge on any atom is 0.370 e. The van der Waals surface area contributed by atoms with Crippen molar-refractivity contribution < 1.29 is 39.9 Å². The number of carboxylic acid groups (broad SMARTS) is 1. The molecule has 0 aliphatic carbocycles. The van der Waals surface area contributed by atoms with Gasteiger partial charge < -0.3 is 35.6 Å². The fraction of sp³-hybridized carbons (Fsp3) is 0.667. The van der Waals surface area contributed by atoms with Crippen LogP contribution < -0.4 is 5.32 Å². The van der Waals surface area contributed by atoms with Crippen LogP contribution in [0.1, 0.15) is 6.92 Å². The molecular weight excluding hydrogens is 322 g/mol.